The van der Waals surface area contributed by atoms with Gasteiger partial charge in [-0.2, -0.15) is 0 Å². The largest absolute Gasteiger partial charge is 0.335 e. The molecule has 2 aromatic rings. The van der Waals surface area contributed by atoms with E-state index in [1.807, 2.05) is 18.2 Å². The van der Waals surface area contributed by atoms with E-state index in [9.17, 15) is 9.59 Å². The highest BCUT2D eigenvalue weighted by molar-refractivity contribution is 5.97. The van der Waals surface area contributed by atoms with Crippen LogP contribution in [0, 0.1) is 11.8 Å². The number of rotatable bonds is 8. The zero-order chi connectivity index (χ0) is 19.2. The summed E-state index contributed by atoms with van der Waals surface area (Å²) in [5, 5.41) is 2.92. The molecule has 0 saturated heterocycles. The van der Waals surface area contributed by atoms with Gasteiger partial charge in [-0.15, -0.1) is 6.58 Å². The van der Waals surface area contributed by atoms with E-state index < -0.39 is 0 Å². The molecular formula is C23H26N2O2. The number of anilines is 1. The minimum absolute atomic E-state index is 0.0282. The molecule has 1 saturated carbocycles. The zero-order valence-electron chi connectivity index (χ0n) is 15.7. The lowest BCUT2D eigenvalue weighted by Crippen LogP contribution is -2.33. The monoisotopic (exact) mass is 362 g/mol. The van der Waals surface area contributed by atoms with Crippen molar-refractivity contribution in [3.8, 4) is 0 Å². The number of nitrogens with one attached hydrogen (secondary N) is 1. The van der Waals surface area contributed by atoms with Gasteiger partial charge >= 0.3 is 0 Å². The molecule has 3 rings (SSSR count). The predicted octanol–water partition coefficient (Wildman–Crippen LogP) is 4.15. The van der Waals surface area contributed by atoms with Crippen LogP contribution in [-0.4, -0.2) is 29.8 Å². The van der Waals surface area contributed by atoms with Crippen LogP contribution >= 0.6 is 0 Å². The third kappa shape index (κ3) is 5.07. The highest BCUT2D eigenvalue weighted by Gasteiger charge is 2.39. The van der Waals surface area contributed by atoms with Crippen LogP contribution in [0.1, 0.15) is 29.3 Å². The molecule has 1 aliphatic rings. The van der Waals surface area contributed by atoms with Crippen molar-refractivity contribution in [3.05, 3.63) is 78.4 Å². The molecule has 1 fully saturated rings. The van der Waals surface area contributed by atoms with Crippen LogP contribution in [0.25, 0.3) is 0 Å². The maximum atomic E-state index is 12.8. The third-order valence-corrected chi connectivity index (χ3v) is 5.00. The Balaban J connectivity index is 1.61. The van der Waals surface area contributed by atoms with Crippen molar-refractivity contribution in [2.45, 2.75) is 19.8 Å². The lowest BCUT2D eigenvalue weighted by Gasteiger charge is -2.21. The Morgan fingerprint density at radius 3 is 2.41 bits per heavy atom. The van der Waals surface area contributed by atoms with Gasteiger partial charge in [-0.05, 0) is 48.6 Å². The van der Waals surface area contributed by atoms with Crippen LogP contribution < -0.4 is 5.32 Å². The van der Waals surface area contributed by atoms with E-state index in [4.69, 9.17) is 0 Å². The maximum absolute atomic E-state index is 12.8. The van der Waals surface area contributed by atoms with E-state index in [0.29, 0.717) is 24.6 Å². The van der Waals surface area contributed by atoms with Crippen molar-refractivity contribution < 1.29 is 9.59 Å². The SMILES string of the molecule is C=CCN(CCc1ccccc1)C(=O)c1ccc(NC(=O)C2CC2C)cc1. The quantitative estimate of drug-likeness (QED) is 0.717. The fourth-order valence-electron chi connectivity index (χ4n) is 3.14. The van der Waals surface area contributed by atoms with Crippen LogP contribution in [0.15, 0.2) is 67.3 Å². The van der Waals surface area contributed by atoms with Crippen LogP contribution in [0.2, 0.25) is 0 Å². The smallest absolute Gasteiger partial charge is 0.254 e. The number of carbonyl (C=O) groups excluding carboxylic acids is 2. The lowest BCUT2D eigenvalue weighted by molar-refractivity contribution is -0.117. The van der Waals surface area contributed by atoms with Crippen LogP contribution in [0.5, 0.6) is 0 Å². The molecule has 140 valence electrons. The fourth-order valence-corrected chi connectivity index (χ4v) is 3.14. The van der Waals surface area contributed by atoms with Gasteiger partial charge < -0.3 is 10.2 Å². The molecule has 0 aliphatic heterocycles. The molecule has 1 N–H and O–H groups in total. The summed E-state index contributed by atoms with van der Waals surface area (Å²) < 4.78 is 0. The number of hydrogen-bond donors (Lipinski definition) is 1. The topological polar surface area (TPSA) is 49.4 Å². The molecule has 4 nitrogen and oxygen atoms in total. The van der Waals surface area contributed by atoms with E-state index in [0.717, 1.165) is 18.5 Å². The van der Waals surface area contributed by atoms with E-state index in [1.165, 1.54) is 5.56 Å². The van der Waals surface area contributed by atoms with Gasteiger partial charge in [0.2, 0.25) is 5.91 Å². The predicted molar refractivity (Wildman–Crippen MR) is 109 cm³/mol. The van der Waals surface area contributed by atoms with Crippen LogP contribution in [0.4, 0.5) is 5.69 Å². The summed E-state index contributed by atoms with van der Waals surface area (Å²) in [6.07, 6.45) is 3.50. The molecule has 0 heterocycles. The van der Waals surface area contributed by atoms with Gasteiger partial charge in [0.15, 0.2) is 0 Å². The highest BCUT2D eigenvalue weighted by Crippen LogP contribution is 2.38. The first-order chi connectivity index (χ1) is 13.1. The van der Waals surface area contributed by atoms with Gasteiger partial charge in [-0.3, -0.25) is 9.59 Å². The average molecular weight is 362 g/mol. The number of hydrogen-bond acceptors (Lipinski definition) is 2. The van der Waals surface area contributed by atoms with Gasteiger partial charge in [0.05, 0.1) is 0 Å². The highest BCUT2D eigenvalue weighted by atomic mass is 16.2. The van der Waals surface area contributed by atoms with Gasteiger partial charge in [0, 0.05) is 30.3 Å². The number of carbonyl (C=O) groups is 2. The van der Waals surface area contributed by atoms with E-state index in [2.05, 4.69) is 31.0 Å². The first-order valence-corrected chi connectivity index (χ1v) is 9.43. The second kappa shape index (κ2) is 8.67. The van der Waals surface area contributed by atoms with Crippen molar-refractivity contribution in [3.63, 3.8) is 0 Å². The number of amides is 2. The average Bonchev–Trinajstić information content (AvgIpc) is 3.43. The van der Waals surface area contributed by atoms with Gasteiger partial charge in [-0.25, -0.2) is 0 Å². The summed E-state index contributed by atoms with van der Waals surface area (Å²) in [4.78, 5) is 26.7. The summed E-state index contributed by atoms with van der Waals surface area (Å²) >= 11 is 0. The third-order valence-electron chi connectivity index (χ3n) is 5.00. The molecule has 27 heavy (non-hydrogen) atoms. The standard InChI is InChI=1S/C23H26N2O2/c1-3-14-25(15-13-18-7-5-4-6-8-18)23(27)19-9-11-20(12-10-19)24-22(26)21-16-17(21)2/h3-12,17,21H,1,13-16H2,2H3,(H,24,26). The lowest BCUT2D eigenvalue weighted by atomic mass is 10.1. The van der Waals surface area contributed by atoms with E-state index in [-0.39, 0.29) is 17.7 Å². The van der Waals surface area contributed by atoms with Crippen molar-refractivity contribution in [2.24, 2.45) is 11.8 Å². The molecule has 2 amide bonds. The second-order valence-corrected chi connectivity index (χ2v) is 7.16. The summed E-state index contributed by atoms with van der Waals surface area (Å²) in [6, 6.07) is 17.3. The number of benzene rings is 2. The fraction of sp³-hybridized carbons (Fsp3) is 0.304. The van der Waals surface area contributed by atoms with Gasteiger partial charge in [0.25, 0.3) is 5.91 Å². The molecule has 0 spiro atoms. The molecule has 0 bridgehead atoms. The maximum Gasteiger partial charge on any atom is 0.254 e. The second-order valence-electron chi connectivity index (χ2n) is 7.16. The molecule has 1 aliphatic carbocycles. The zero-order valence-corrected chi connectivity index (χ0v) is 15.7. The van der Waals surface area contributed by atoms with Gasteiger partial charge in [-0.1, -0.05) is 43.3 Å². The van der Waals surface area contributed by atoms with Crippen molar-refractivity contribution in [2.75, 3.05) is 18.4 Å². The molecular weight excluding hydrogens is 336 g/mol. The summed E-state index contributed by atoms with van der Waals surface area (Å²) in [6.45, 7) is 6.98. The minimum atomic E-state index is -0.0282. The van der Waals surface area contributed by atoms with E-state index >= 15 is 0 Å². The van der Waals surface area contributed by atoms with E-state index in [1.54, 1.807) is 35.2 Å². The molecule has 2 unspecified atom stereocenters. The first-order valence-electron chi connectivity index (χ1n) is 9.43. The van der Waals surface area contributed by atoms with Crippen LogP contribution in [-0.2, 0) is 11.2 Å². The molecule has 2 atom stereocenters. The Morgan fingerprint density at radius 1 is 1.15 bits per heavy atom. The molecule has 0 aromatic heterocycles. The Morgan fingerprint density at radius 2 is 1.81 bits per heavy atom. The number of nitrogens with zero attached hydrogens (tertiary/aromatic N) is 1. The van der Waals surface area contributed by atoms with Crippen molar-refractivity contribution >= 4 is 17.5 Å². The Bertz CT molecular complexity index is 799. The normalized spacial score (nSPS) is 17.8. The molecule has 0 radical (unpaired) electrons. The van der Waals surface area contributed by atoms with Crippen LogP contribution in [0.3, 0.4) is 0 Å². The Hall–Kier alpha value is -2.88. The molecule has 4 heteroatoms. The Kier molecular flexibility index (Phi) is 6.07. The first kappa shape index (κ1) is 18.9. The van der Waals surface area contributed by atoms with Crippen molar-refractivity contribution in [1.82, 2.24) is 4.90 Å². The Labute approximate surface area is 160 Å². The molecule has 2 aromatic carbocycles. The van der Waals surface area contributed by atoms with Crippen molar-refractivity contribution in [1.29, 1.82) is 0 Å². The van der Waals surface area contributed by atoms with Gasteiger partial charge in [0.1, 0.15) is 0 Å². The minimum Gasteiger partial charge on any atom is -0.335 e. The summed E-state index contributed by atoms with van der Waals surface area (Å²) in [5.74, 6) is 0.646. The summed E-state index contributed by atoms with van der Waals surface area (Å²) in [5.41, 5.74) is 2.55. The summed E-state index contributed by atoms with van der Waals surface area (Å²) in [7, 11) is 0.